The van der Waals surface area contributed by atoms with Gasteiger partial charge in [-0.05, 0) is 112 Å². The van der Waals surface area contributed by atoms with Crippen molar-refractivity contribution < 1.29 is 66.6 Å². The van der Waals surface area contributed by atoms with Gasteiger partial charge in [-0.1, -0.05) is 59.8 Å². The predicted molar refractivity (Wildman–Crippen MR) is 196 cm³/mol. The fourth-order valence-electron chi connectivity index (χ4n) is 4.06. The van der Waals surface area contributed by atoms with Crippen molar-refractivity contribution in [2.45, 2.75) is 53.4 Å². The molecule has 4 aromatic carbocycles. The molecule has 0 atom stereocenters. The van der Waals surface area contributed by atoms with Gasteiger partial charge in [-0.25, -0.2) is 8.42 Å². The third-order valence-corrected chi connectivity index (χ3v) is 9.63. The molecule has 0 bridgehead atoms. The van der Waals surface area contributed by atoms with Crippen LogP contribution in [0.25, 0.3) is 4.72 Å². The van der Waals surface area contributed by atoms with Gasteiger partial charge in [-0.2, -0.15) is 23.8 Å². The van der Waals surface area contributed by atoms with Gasteiger partial charge in [-0.15, -0.1) is 0 Å². The summed E-state index contributed by atoms with van der Waals surface area (Å²) in [5.74, 6) is 0. The average molecular weight is 884 g/mol. The maximum atomic E-state index is 12.5. The van der Waals surface area contributed by atoms with Gasteiger partial charge in [-0.3, -0.25) is 0 Å². The van der Waals surface area contributed by atoms with E-state index in [-0.39, 0.29) is 30.1 Å². The van der Waals surface area contributed by atoms with E-state index in [1.54, 1.807) is 69.9 Å². The summed E-state index contributed by atoms with van der Waals surface area (Å²) in [7, 11) is -11.2. The number of rotatable bonds is 8. The minimum atomic E-state index is -10.7. The molecular formula is C34H44F6N3O5P2RuS+. The molecule has 4 aromatic rings. The van der Waals surface area contributed by atoms with Crippen LogP contribution in [0.1, 0.15) is 38.9 Å². The van der Waals surface area contributed by atoms with Crippen molar-refractivity contribution in [1.29, 1.82) is 0 Å². The normalized spacial score (nSPS) is 12.5. The van der Waals surface area contributed by atoms with Crippen molar-refractivity contribution in [1.82, 2.24) is 0 Å². The van der Waals surface area contributed by atoms with Gasteiger partial charge in [0.15, 0.2) is 0 Å². The van der Waals surface area contributed by atoms with Gasteiger partial charge in [0.05, 0.1) is 37.6 Å². The zero-order valence-electron chi connectivity index (χ0n) is 30.4. The van der Waals surface area contributed by atoms with E-state index in [1.807, 2.05) is 37.3 Å². The largest absolute Gasteiger partial charge is 2.00 e. The third kappa shape index (κ3) is 19.3. The molecule has 52 heavy (non-hydrogen) atoms. The van der Waals surface area contributed by atoms with E-state index in [9.17, 15) is 33.6 Å². The fourth-order valence-corrected chi connectivity index (χ4v) is 5.56. The average Bonchev–Trinajstić information content (AvgIpc) is 3.06. The van der Waals surface area contributed by atoms with Crippen molar-refractivity contribution in [2.24, 2.45) is 10.2 Å². The summed E-state index contributed by atoms with van der Waals surface area (Å²) in [4.78, 5) is 0.146. The minimum absolute atomic E-state index is 0. The van der Waals surface area contributed by atoms with E-state index < -0.39 is 26.4 Å². The Bertz CT molecular complexity index is 1750. The molecule has 0 amide bonds. The number of benzene rings is 4. The maximum Gasteiger partial charge on any atom is 2.00 e. The van der Waals surface area contributed by atoms with Gasteiger partial charge in [0.2, 0.25) is 0 Å². The van der Waals surface area contributed by atoms with Crippen LogP contribution in [0, 0.1) is 48.5 Å². The van der Waals surface area contributed by atoms with Crippen molar-refractivity contribution in [2.75, 3.05) is 21.3 Å². The number of sulfonamides is 1. The van der Waals surface area contributed by atoms with Gasteiger partial charge < -0.3 is 4.72 Å². The van der Waals surface area contributed by atoms with Gasteiger partial charge >= 0.3 is 61.1 Å². The molecule has 0 aromatic heterocycles. The summed E-state index contributed by atoms with van der Waals surface area (Å²) >= 11 is 0. The standard InChI is InChI=1S/C19H16N3O2S.C12H18.C3H10O3P.F6P.Ru/c1-15-11-13-17(14-12-15)25(23,24)22-19-10-6-5-9-18(19)21-20-16-7-3-2-4-8-16;1-7-8(2)10(4)12(6)11(5)9(7)3;1-4-7(5-2)6-3;1-7(2,3,4,5)6;/h2-14H,1H3;1-6H3;7H,1-3H3;;/q-1;;+1;-1;+2. The molecule has 0 radical (unpaired) electrons. The van der Waals surface area contributed by atoms with E-state index in [4.69, 9.17) is 13.6 Å². The van der Waals surface area contributed by atoms with Crippen LogP contribution < -0.4 is 0 Å². The van der Waals surface area contributed by atoms with E-state index in [1.165, 1.54) is 33.4 Å². The maximum absolute atomic E-state index is 12.5. The van der Waals surface area contributed by atoms with Crippen molar-refractivity contribution in [3.05, 3.63) is 123 Å². The third-order valence-electron chi connectivity index (χ3n) is 7.32. The molecular weight excluding hydrogens is 839 g/mol. The van der Waals surface area contributed by atoms with Crippen LogP contribution in [-0.2, 0) is 43.1 Å². The Hall–Kier alpha value is -2.83. The Labute approximate surface area is 316 Å². The SMILES string of the molecule is CO[PH+](OC)OC.Cc1c(C)c(C)c(C)c(C)c1C.Cc1ccc(S(=O)(=O)[N-]c2ccccc2N=Nc2ccccc2)cc1.F[P-](F)(F)(F)(F)F.[Ru+2]. The first-order valence-electron chi connectivity index (χ1n) is 15.0. The number of halogens is 6. The monoisotopic (exact) mass is 884 g/mol. The number of hydrogen-bond acceptors (Lipinski definition) is 7. The zero-order valence-corrected chi connectivity index (χ0v) is 34.8. The topological polar surface area (TPSA) is 101 Å². The van der Waals surface area contributed by atoms with Crippen LogP contribution in [0.4, 0.5) is 42.2 Å². The van der Waals surface area contributed by atoms with Crippen LogP contribution >= 0.6 is 16.4 Å². The van der Waals surface area contributed by atoms with Crippen LogP contribution in [0.3, 0.4) is 0 Å². The first-order valence-corrected chi connectivity index (χ1v) is 19.7. The van der Waals surface area contributed by atoms with Gasteiger partial charge in [0.1, 0.15) is 10.0 Å². The van der Waals surface area contributed by atoms with E-state index in [0.29, 0.717) is 11.4 Å². The summed E-state index contributed by atoms with van der Waals surface area (Å²) in [5, 5.41) is 8.26. The minimum Gasteiger partial charge on any atom is 2.00 e. The summed E-state index contributed by atoms with van der Waals surface area (Å²) < 4.78 is 102. The molecule has 0 unspecified atom stereocenters. The summed E-state index contributed by atoms with van der Waals surface area (Å²) in [6.45, 7) is 15.2. The first kappa shape index (κ1) is 49.2. The number of azo groups is 1. The van der Waals surface area contributed by atoms with E-state index >= 15 is 0 Å². The van der Waals surface area contributed by atoms with Crippen LogP contribution in [0.5, 0.6) is 0 Å². The molecule has 18 heteroatoms. The number of hydrogen-bond donors (Lipinski definition) is 0. The summed E-state index contributed by atoms with van der Waals surface area (Å²) in [6.07, 6.45) is 0. The van der Waals surface area contributed by atoms with Crippen molar-refractivity contribution >= 4 is 43.5 Å². The molecule has 0 fully saturated rings. The molecule has 0 N–H and O–H groups in total. The second kappa shape index (κ2) is 20.0. The molecule has 0 saturated carbocycles. The van der Waals surface area contributed by atoms with Gasteiger partial charge in [0.25, 0.3) is 0 Å². The van der Waals surface area contributed by atoms with Crippen LogP contribution in [0.15, 0.2) is 94.0 Å². The second-order valence-electron chi connectivity index (χ2n) is 11.0. The molecule has 0 heterocycles. The Morgan fingerprint density at radius 3 is 1.31 bits per heavy atom. The zero-order chi connectivity index (χ0) is 39.3. The Balaban J connectivity index is 0.000000799. The molecule has 0 aliphatic carbocycles. The Morgan fingerprint density at radius 2 is 0.942 bits per heavy atom. The van der Waals surface area contributed by atoms with Gasteiger partial charge in [0, 0.05) is 0 Å². The second-order valence-corrected chi connectivity index (χ2v) is 16.2. The summed E-state index contributed by atoms with van der Waals surface area (Å²) in [5.41, 5.74) is 11.0. The summed E-state index contributed by atoms with van der Waals surface area (Å²) in [6, 6.07) is 22.5. The van der Waals surface area contributed by atoms with Crippen LogP contribution in [-0.4, -0.2) is 29.7 Å². The molecule has 8 nitrogen and oxygen atoms in total. The Kier molecular flexibility index (Phi) is 18.9. The predicted octanol–water partition coefficient (Wildman–Crippen LogP) is 13.6. The van der Waals surface area contributed by atoms with Crippen LogP contribution in [0.2, 0.25) is 0 Å². The molecule has 0 saturated heterocycles. The molecule has 0 aliphatic heterocycles. The van der Waals surface area contributed by atoms with Crippen molar-refractivity contribution in [3.63, 3.8) is 0 Å². The smallest absolute Gasteiger partial charge is 2.00 e. The Morgan fingerprint density at radius 1 is 0.577 bits per heavy atom. The van der Waals surface area contributed by atoms with E-state index in [2.05, 4.69) is 56.5 Å². The van der Waals surface area contributed by atoms with Crippen molar-refractivity contribution in [3.8, 4) is 0 Å². The van der Waals surface area contributed by atoms with E-state index in [0.717, 1.165) is 5.56 Å². The molecule has 0 spiro atoms. The molecule has 4 rings (SSSR count). The molecule has 290 valence electrons. The fraction of sp³-hybridized carbons (Fsp3) is 0.294. The molecule has 0 aliphatic rings. The number of aryl methyl sites for hydroxylation is 1. The first-order chi connectivity index (χ1) is 23.3. The number of nitrogens with zero attached hydrogens (tertiary/aromatic N) is 3. The quantitative estimate of drug-likeness (QED) is 0.0759.